The van der Waals surface area contributed by atoms with Crippen LogP contribution in [0.4, 0.5) is 26.3 Å². The molecule has 0 fully saturated rings. The first kappa shape index (κ1) is 14.4. The van der Waals surface area contributed by atoms with Gasteiger partial charge in [-0.2, -0.15) is 34.8 Å². The molecule has 0 saturated carbocycles. The first-order valence-electron chi connectivity index (χ1n) is 2.59. The largest absolute Gasteiger partial charge is 0.519 e. The van der Waals surface area contributed by atoms with E-state index in [1.807, 2.05) is 0 Å². The fourth-order valence-electron chi connectivity index (χ4n) is 0.218. The molecule has 0 saturated heterocycles. The summed E-state index contributed by atoms with van der Waals surface area (Å²) in [5.74, 6) is 0. The van der Waals surface area contributed by atoms with Crippen LogP contribution in [-0.4, -0.2) is 28.2 Å². The van der Waals surface area contributed by atoms with Crippen LogP contribution < -0.4 is 0 Å². The lowest BCUT2D eigenvalue weighted by atomic mass is 11.6. The smallest absolute Gasteiger partial charge is 0.293 e. The SMILES string of the molecule is O=S(=O)(N=S(=O)(O)C(F)(F)F)C(F)(F)F. The van der Waals surface area contributed by atoms with Crippen LogP contribution in [0.25, 0.3) is 0 Å². The number of halogens is 6. The highest BCUT2D eigenvalue weighted by molar-refractivity contribution is 8.01. The summed E-state index contributed by atoms with van der Waals surface area (Å²) in [7, 11) is -13.1. The molecule has 0 aliphatic heterocycles. The Balaban J connectivity index is 5.77. The summed E-state index contributed by atoms with van der Waals surface area (Å²) >= 11 is 0. The number of alkyl halides is 6. The molecule has 0 aliphatic rings. The lowest BCUT2D eigenvalue weighted by Gasteiger charge is -2.07. The second kappa shape index (κ2) is 3.48. The molecule has 0 radical (unpaired) electrons. The molecule has 0 aromatic carbocycles. The standard InChI is InChI=1S/C2HF6NO4S2/c3-1(4,5)14(10,11)9-15(12,13)2(6,7)8/h(H,9,10,11). The second-order valence-electron chi connectivity index (χ2n) is 1.94. The van der Waals surface area contributed by atoms with Crippen molar-refractivity contribution < 1.29 is 43.5 Å². The first-order valence-corrected chi connectivity index (χ1v) is 5.50. The summed E-state index contributed by atoms with van der Waals surface area (Å²) in [6.07, 6.45) is 0. The minimum Gasteiger partial charge on any atom is -0.293 e. The Morgan fingerprint density at radius 1 is 0.867 bits per heavy atom. The zero-order valence-corrected chi connectivity index (χ0v) is 7.84. The Kier molecular flexibility index (Phi) is 3.35. The van der Waals surface area contributed by atoms with Crippen LogP contribution in [0.3, 0.4) is 0 Å². The topological polar surface area (TPSA) is 83.8 Å². The minimum atomic E-state index is -6.66. The molecule has 5 nitrogen and oxygen atoms in total. The maximum absolute atomic E-state index is 11.5. The van der Waals surface area contributed by atoms with Gasteiger partial charge in [-0.1, -0.05) is 3.77 Å². The van der Waals surface area contributed by atoms with Crippen molar-refractivity contribution in [3.05, 3.63) is 0 Å². The number of hydrogen-bond acceptors (Lipinski definition) is 3. The van der Waals surface area contributed by atoms with E-state index in [1.165, 1.54) is 0 Å². The Morgan fingerprint density at radius 2 is 1.20 bits per heavy atom. The number of rotatable bonds is 1. The lowest BCUT2D eigenvalue weighted by molar-refractivity contribution is -0.0478. The van der Waals surface area contributed by atoms with Gasteiger partial charge in [0.05, 0.1) is 0 Å². The Hall–Kier alpha value is -0.560. The highest BCUT2D eigenvalue weighted by Gasteiger charge is 2.51. The monoisotopic (exact) mass is 281 g/mol. The third-order valence-electron chi connectivity index (χ3n) is 0.793. The molecule has 0 aliphatic carbocycles. The molecular weight excluding hydrogens is 280 g/mol. The van der Waals surface area contributed by atoms with Crippen LogP contribution in [0.2, 0.25) is 0 Å². The van der Waals surface area contributed by atoms with Gasteiger partial charge in [0.2, 0.25) is 0 Å². The third kappa shape index (κ3) is 3.20. The van der Waals surface area contributed by atoms with E-state index in [0.717, 1.165) is 3.77 Å². The van der Waals surface area contributed by atoms with Gasteiger partial charge in [-0.05, 0) is 0 Å². The van der Waals surface area contributed by atoms with Gasteiger partial charge in [-0.15, -0.1) is 0 Å². The summed E-state index contributed by atoms with van der Waals surface area (Å²) in [6.45, 7) is 0. The van der Waals surface area contributed by atoms with Crippen molar-refractivity contribution >= 4 is 20.0 Å². The average Bonchev–Trinajstić information content (AvgIpc) is 1.77. The molecule has 0 heterocycles. The molecule has 0 amide bonds. The fourth-order valence-corrected chi connectivity index (χ4v) is 1.96. The van der Waals surface area contributed by atoms with Crippen molar-refractivity contribution in [1.29, 1.82) is 0 Å². The molecule has 1 N–H and O–H groups in total. The quantitative estimate of drug-likeness (QED) is 0.734. The van der Waals surface area contributed by atoms with E-state index in [2.05, 4.69) is 0 Å². The Bertz CT molecular complexity index is 449. The number of nitrogens with zero attached hydrogens (tertiary/aromatic N) is 1. The molecule has 15 heavy (non-hydrogen) atoms. The molecule has 0 rings (SSSR count). The van der Waals surface area contributed by atoms with Gasteiger partial charge < -0.3 is 0 Å². The van der Waals surface area contributed by atoms with E-state index in [4.69, 9.17) is 4.55 Å². The Morgan fingerprint density at radius 3 is 1.40 bits per heavy atom. The normalized spacial score (nSPS) is 18.3. The molecule has 1 atom stereocenters. The van der Waals surface area contributed by atoms with Crippen molar-refractivity contribution in [3.8, 4) is 0 Å². The zero-order valence-electron chi connectivity index (χ0n) is 6.20. The van der Waals surface area contributed by atoms with E-state index in [0.29, 0.717) is 0 Å². The van der Waals surface area contributed by atoms with Gasteiger partial charge in [-0.3, -0.25) is 4.55 Å². The van der Waals surface area contributed by atoms with Crippen molar-refractivity contribution in [2.24, 2.45) is 3.77 Å². The highest BCUT2D eigenvalue weighted by Crippen LogP contribution is 2.30. The van der Waals surface area contributed by atoms with Crippen LogP contribution in [-0.2, 0) is 20.0 Å². The molecule has 0 bridgehead atoms. The van der Waals surface area contributed by atoms with E-state index >= 15 is 0 Å². The average molecular weight is 281 g/mol. The van der Waals surface area contributed by atoms with Gasteiger partial charge in [0.15, 0.2) is 0 Å². The van der Waals surface area contributed by atoms with Crippen LogP contribution in [0.1, 0.15) is 0 Å². The molecular formula is C2HF6NO4S2. The molecule has 13 heteroatoms. The first-order chi connectivity index (χ1) is 6.21. The molecule has 0 aromatic rings. The van der Waals surface area contributed by atoms with Gasteiger partial charge in [-0.25, -0.2) is 4.21 Å². The maximum Gasteiger partial charge on any atom is 0.519 e. The van der Waals surface area contributed by atoms with E-state index in [9.17, 15) is 39.0 Å². The molecule has 0 spiro atoms. The van der Waals surface area contributed by atoms with E-state index < -0.39 is 31.0 Å². The van der Waals surface area contributed by atoms with Crippen molar-refractivity contribution in [1.82, 2.24) is 0 Å². The molecule has 92 valence electrons. The predicted molar refractivity (Wildman–Crippen MR) is 34.2 cm³/mol. The van der Waals surface area contributed by atoms with Gasteiger partial charge in [0.1, 0.15) is 0 Å². The van der Waals surface area contributed by atoms with Crippen LogP contribution in [0.5, 0.6) is 0 Å². The summed E-state index contributed by atoms with van der Waals surface area (Å²) in [4.78, 5) is 0. The van der Waals surface area contributed by atoms with Crippen LogP contribution >= 0.6 is 0 Å². The van der Waals surface area contributed by atoms with Gasteiger partial charge in [0, 0.05) is 0 Å². The van der Waals surface area contributed by atoms with Crippen LogP contribution in [0, 0.1) is 0 Å². The summed E-state index contributed by atoms with van der Waals surface area (Å²) in [5.41, 5.74) is -12.3. The van der Waals surface area contributed by atoms with Crippen molar-refractivity contribution in [2.45, 2.75) is 11.0 Å². The highest BCUT2D eigenvalue weighted by atomic mass is 32.3. The molecule has 1 unspecified atom stereocenters. The van der Waals surface area contributed by atoms with E-state index in [-0.39, 0.29) is 0 Å². The van der Waals surface area contributed by atoms with Gasteiger partial charge >= 0.3 is 21.0 Å². The number of hydrogen-bond donors (Lipinski definition) is 1. The summed E-state index contributed by atoms with van der Waals surface area (Å²) in [5, 5.41) is 0. The number of sulfonamides is 1. The summed E-state index contributed by atoms with van der Waals surface area (Å²) < 4.78 is 108. The van der Waals surface area contributed by atoms with Crippen molar-refractivity contribution in [3.63, 3.8) is 0 Å². The maximum atomic E-state index is 11.5. The summed E-state index contributed by atoms with van der Waals surface area (Å²) in [6, 6.07) is 0. The predicted octanol–water partition coefficient (Wildman–Crippen LogP) is 1.30. The van der Waals surface area contributed by atoms with Gasteiger partial charge in [0.25, 0.3) is 10.0 Å². The van der Waals surface area contributed by atoms with Crippen LogP contribution in [0.15, 0.2) is 3.77 Å². The fraction of sp³-hybridized carbons (Fsp3) is 1.00. The van der Waals surface area contributed by atoms with Crippen molar-refractivity contribution in [2.75, 3.05) is 0 Å². The lowest BCUT2D eigenvalue weighted by Crippen LogP contribution is -2.27. The zero-order chi connectivity index (χ0) is 12.7. The van der Waals surface area contributed by atoms with E-state index in [1.54, 1.807) is 0 Å². The Labute approximate surface area is 79.1 Å². The molecule has 0 aromatic heterocycles. The second-order valence-corrected chi connectivity index (χ2v) is 5.40. The third-order valence-corrected chi connectivity index (χ3v) is 3.57. The minimum absolute atomic E-state index is 0.889.